The van der Waals surface area contributed by atoms with Gasteiger partial charge in [0.2, 0.25) is 0 Å². The van der Waals surface area contributed by atoms with E-state index in [-0.39, 0.29) is 0 Å². The van der Waals surface area contributed by atoms with Crippen molar-refractivity contribution in [2.45, 2.75) is 39.3 Å². The molecule has 1 aromatic heterocycles. The smallest absolute Gasteiger partial charge is 0.106 e. The molecule has 0 saturated heterocycles. The molecule has 96 valence electrons. The topological polar surface area (TPSA) is 29.9 Å². The quantitative estimate of drug-likeness (QED) is 0.875. The highest BCUT2D eigenvalue weighted by atomic mass is 15.1. The van der Waals surface area contributed by atoms with E-state index in [9.17, 15) is 0 Å². The predicted octanol–water partition coefficient (Wildman–Crippen LogP) is 2.73. The van der Waals surface area contributed by atoms with Crippen LogP contribution in [0.5, 0.6) is 0 Å². The standard InChI is InChI=1S/C15H21N3/c1-3-16-14(12-8-9-12)10-18-11(2)17-13-6-4-5-7-15(13)18/h4-7,12,14,16H,3,8-10H2,1-2H3. The summed E-state index contributed by atoms with van der Waals surface area (Å²) in [6, 6.07) is 9.02. The first-order valence-corrected chi connectivity index (χ1v) is 6.95. The van der Waals surface area contributed by atoms with Crippen LogP contribution in [0.15, 0.2) is 24.3 Å². The highest BCUT2D eigenvalue weighted by Gasteiger charge is 2.31. The van der Waals surface area contributed by atoms with Crippen LogP contribution in [0.3, 0.4) is 0 Å². The minimum atomic E-state index is 0.603. The van der Waals surface area contributed by atoms with Crippen molar-refractivity contribution in [1.82, 2.24) is 14.9 Å². The molecular formula is C15H21N3. The molecular weight excluding hydrogens is 222 g/mol. The average Bonchev–Trinajstić information content (AvgIpc) is 3.15. The van der Waals surface area contributed by atoms with Crippen molar-refractivity contribution in [3.8, 4) is 0 Å². The van der Waals surface area contributed by atoms with Crippen LogP contribution in [-0.2, 0) is 6.54 Å². The number of rotatable bonds is 5. The third-order valence-electron chi connectivity index (χ3n) is 3.88. The summed E-state index contributed by atoms with van der Waals surface area (Å²) in [5.41, 5.74) is 2.37. The van der Waals surface area contributed by atoms with Crippen LogP contribution < -0.4 is 5.32 Å². The van der Waals surface area contributed by atoms with E-state index in [0.717, 1.165) is 30.3 Å². The molecule has 1 aliphatic rings. The fraction of sp³-hybridized carbons (Fsp3) is 0.533. The summed E-state index contributed by atoms with van der Waals surface area (Å²) in [5.74, 6) is 1.99. The van der Waals surface area contributed by atoms with Gasteiger partial charge in [-0.05, 0) is 44.4 Å². The Balaban J connectivity index is 1.90. The molecule has 0 amide bonds. The van der Waals surface area contributed by atoms with Crippen molar-refractivity contribution in [1.29, 1.82) is 0 Å². The van der Waals surface area contributed by atoms with Crippen molar-refractivity contribution in [3.05, 3.63) is 30.1 Å². The van der Waals surface area contributed by atoms with E-state index in [1.165, 1.54) is 18.4 Å². The molecule has 1 saturated carbocycles. The second-order valence-corrected chi connectivity index (χ2v) is 5.26. The summed E-state index contributed by atoms with van der Waals surface area (Å²) in [6.07, 6.45) is 2.76. The predicted molar refractivity (Wildman–Crippen MR) is 74.7 cm³/mol. The van der Waals surface area contributed by atoms with Gasteiger partial charge in [0, 0.05) is 12.6 Å². The van der Waals surface area contributed by atoms with Gasteiger partial charge in [-0.3, -0.25) is 0 Å². The second kappa shape index (κ2) is 4.73. The molecule has 0 bridgehead atoms. The number of hydrogen-bond donors (Lipinski definition) is 1. The number of nitrogens with one attached hydrogen (secondary N) is 1. The summed E-state index contributed by atoms with van der Waals surface area (Å²) >= 11 is 0. The average molecular weight is 243 g/mol. The fourth-order valence-corrected chi connectivity index (χ4v) is 2.76. The lowest BCUT2D eigenvalue weighted by atomic mass is 10.1. The van der Waals surface area contributed by atoms with Gasteiger partial charge in [-0.1, -0.05) is 19.1 Å². The zero-order valence-electron chi connectivity index (χ0n) is 11.2. The number of hydrogen-bond acceptors (Lipinski definition) is 2. The number of fused-ring (bicyclic) bond motifs is 1. The van der Waals surface area contributed by atoms with Gasteiger partial charge in [0.05, 0.1) is 11.0 Å². The van der Waals surface area contributed by atoms with E-state index in [4.69, 9.17) is 0 Å². The lowest BCUT2D eigenvalue weighted by Crippen LogP contribution is -2.35. The van der Waals surface area contributed by atoms with Crippen molar-refractivity contribution in [3.63, 3.8) is 0 Å². The van der Waals surface area contributed by atoms with Crippen LogP contribution in [0.2, 0.25) is 0 Å². The van der Waals surface area contributed by atoms with Gasteiger partial charge < -0.3 is 9.88 Å². The van der Waals surface area contributed by atoms with Crippen LogP contribution in [0.1, 0.15) is 25.6 Å². The molecule has 1 heterocycles. The Morgan fingerprint density at radius 1 is 1.39 bits per heavy atom. The van der Waals surface area contributed by atoms with Gasteiger partial charge in [0.15, 0.2) is 0 Å². The van der Waals surface area contributed by atoms with Crippen LogP contribution in [0.4, 0.5) is 0 Å². The first kappa shape index (κ1) is 11.7. The van der Waals surface area contributed by atoms with Gasteiger partial charge in [-0.15, -0.1) is 0 Å². The molecule has 1 N–H and O–H groups in total. The maximum atomic E-state index is 4.64. The number of nitrogens with zero attached hydrogens (tertiary/aromatic N) is 2. The Labute approximate surface area is 108 Å². The Bertz CT molecular complexity index is 540. The Morgan fingerprint density at radius 3 is 2.89 bits per heavy atom. The van der Waals surface area contributed by atoms with E-state index in [0.29, 0.717) is 6.04 Å². The lowest BCUT2D eigenvalue weighted by molar-refractivity contribution is 0.417. The van der Waals surface area contributed by atoms with Gasteiger partial charge in [-0.2, -0.15) is 0 Å². The second-order valence-electron chi connectivity index (χ2n) is 5.26. The molecule has 1 fully saturated rings. The van der Waals surface area contributed by atoms with E-state index >= 15 is 0 Å². The number of aromatic nitrogens is 2. The molecule has 1 unspecified atom stereocenters. The van der Waals surface area contributed by atoms with Crippen molar-refractivity contribution < 1.29 is 0 Å². The highest BCUT2D eigenvalue weighted by molar-refractivity contribution is 5.75. The Hall–Kier alpha value is -1.35. The van der Waals surface area contributed by atoms with Crippen molar-refractivity contribution in [2.75, 3.05) is 6.54 Å². The minimum Gasteiger partial charge on any atom is -0.327 e. The van der Waals surface area contributed by atoms with E-state index in [2.05, 4.69) is 53.0 Å². The van der Waals surface area contributed by atoms with E-state index < -0.39 is 0 Å². The monoisotopic (exact) mass is 243 g/mol. The maximum absolute atomic E-state index is 4.64. The lowest BCUT2D eigenvalue weighted by Gasteiger charge is -2.19. The molecule has 0 spiro atoms. The molecule has 3 heteroatoms. The van der Waals surface area contributed by atoms with Gasteiger partial charge in [0.25, 0.3) is 0 Å². The zero-order chi connectivity index (χ0) is 12.5. The van der Waals surface area contributed by atoms with Gasteiger partial charge >= 0.3 is 0 Å². The molecule has 18 heavy (non-hydrogen) atoms. The van der Waals surface area contributed by atoms with E-state index in [1.807, 2.05) is 0 Å². The molecule has 3 nitrogen and oxygen atoms in total. The van der Waals surface area contributed by atoms with Crippen LogP contribution in [0, 0.1) is 12.8 Å². The van der Waals surface area contributed by atoms with Crippen LogP contribution in [-0.4, -0.2) is 22.1 Å². The largest absolute Gasteiger partial charge is 0.327 e. The SMILES string of the molecule is CCNC(Cn1c(C)nc2ccccc21)C1CC1. The molecule has 0 aliphatic heterocycles. The van der Waals surface area contributed by atoms with E-state index in [1.54, 1.807) is 0 Å². The molecule has 1 atom stereocenters. The van der Waals surface area contributed by atoms with Crippen molar-refractivity contribution in [2.24, 2.45) is 5.92 Å². The zero-order valence-corrected chi connectivity index (χ0v) is 11.2. The summed E-state index contributed by atoms with van der Waals surface area (Å²) in [6.45, 7) is 6.39. The number of imidazole rings is 1. The third kappa shape index (κ3) is 2.15. The first-order chi connectivity index (χ1) is 8.79. The van der Waals surface area contributed by atoms with Crippen molar-refractivity contribution >= 4 is 11.0 Å². The van der Waals surface area contributed by atoms with Gasteiger partial charge in [0.1, 0.15) is 5.82 Å². The summed E-state index contributed by atoms with van der Waals surface area (Å²) < 4.78 is 2.36. The number of aryl methyl sites for hydroxylation is 1. The maximum Gasteiger partial charge on any atom is 0.106 e. The Morgan fingerprint density at radius 2 is 2.17 bits per heavy atom. The molecule has 1 aromatic carbocycles. The number of benzene rings is 1. The number of likely N-dealkylation sites (N-methyl/N-ethyl adjacent to an activating group) is 1. The molecule has 1 aliphatic carbocycles. The Kier molecular flexibility index (Phi) is 3.08. The minimum absolute atomic E-state index is 0.603. The third-order valence-corrected chi connectivity index (χ3v) is 3.88. The summed E-state index contributed by atoms with van der Waals surface area (Å²) in [7, 11) is 0. The molecule has 2 aromatic rings. The molecule has 0 radical (unpaired) electrons. The van der Waals surface area contributed by atoms with Crippen LogP contribution in [0.25, 0.3) is 11.0 Å². The summed E-state index contributed by atoms with van der Waals surface area (Å²) in [4.78, 5) is 4.64. The molecule has 3 rings (SSSR count). The van der Waals surface area contributed by atoms with Crippen LogP contribution >= 0.6 is 0 Å². The summed E-state index contributed by atoms with van der Waals surface area (Å²) in [5, 5.41) is 3.63. The fourth-order valence-electron chi connectivity index (χ4n) is 2.76. The number of para-hydroxylation sites is 2. The highest BCUT2D eigenvalue weighted by Crippen LogP contribution is 2.34. The normalized spacial score (nSPS) is 17.2. The van der Waals surface area contributed by atoms with Gasteiger partial charge in [-0.25, -0.2) is 4.98 Å². The first-order valence-electron chi connectivity index (χ1n) is 6.95.